The maximum Gasteiger partial charge on any atom is 0.337 e. The Morgan fingerprint density at radius 2 is 1.38 bits per heavy atom. The summed E-state index contributed by atoms with van der Waals surface area (Å²) in [5.74, 6) is 2.09. The molecule has 0 saturated carbocycles. The molecule has 3 rings (SSSR count). The van der Waals surface area contributed by atoms with Crippen LogP contribution in [0.3, 0.4) is 0 Å². The molecule has 0 N–H and O–H groups in total. The van der Waals surface area contributed by atoms with E-state index in [1.807, 2.05) is 35.8 Å². The third-order valence-electron chi connectivity index (χ3n) is 5.13. The molecule has 0 bridgehead atoms. The average Bonchev–Trinajstić information content (AvgIpc) is 2.87. The number of aromatic nitrogens is 1. The molecule has 0 radical (unpaired) electrons. The Bertz CT molecular complexity index is 1120. The number of benzene rings is 2. The van der Waals surface area contributed by atoms with E-state index in [9.17, 15) is 9.59 Å². The summed E-state index contributed by atoms with van der Waals surface area (Å²) in [7, 11) is 2.96. The summed E-state index contributed by atoms with van der Waals surface area (Å²) in [4.78, 5) is 23.8. The molecule has 8 heteroatoms. The molecular weight excluding hydrogens is 438 g/mol. The summed E-state index contributed by atoms with van der Waals surface area (Å²) in [6.07, 6.45) is 2.33. The number of hydrogen-bond donors (Lipinski definition) is 0. The van der Waals surface area contributed by atoms with Crippen molar-refractivity contribution in [2.45, 2.75) is 19.9 Å². The molecule has 3 aromatic rings. The standard InChI is InChI=1S/C26H29NO7/c1-19-25(34-17-4-16-32-22-7-5-20(6-8-22)26(29)31-3)24(28)13-14-27(19)15-18-33-23-11-9-21(30-2)10-12-23/h5-14H,4,15-18H2,1-3H3. The van der Waals surface area contributed by atoms with E-state index in [2.05, 4.69) is 4.74 Å². The van der Waals surface area contributed by atoms with Gasteiger partial charge in [-0.15, -0.1) is 0 Å². The SMILES string of the molecule is COC(=O)c1ccc(OCCCOc2c(C)n(CCOc3ccc(OC)cc3)ccc2=O)cc1. The summed E-state index contributed by atoms with van der Waals surface area (Å²) < 4.78 is 29.0. The average molecular weight is 468 g/mol. The molecule has 2 aromatic carbocycles. The molecule has 0 aliphatic heterocycles. The number of carbonyl (C=O) groups is 1. The predicted molar refractivity (Wildman–Crippen MR) is 127 cm³/mol. The van der Waals surface area contributed by atoms with Crippen LogP contribution in [0.4, 0.5) is 0 Å². The highest BCUT2D eigenvalue weighted by molar-refractivity contribution is 5.89. The number of esters is 1. The van der Waals surface area contributed by atoms with Crippen LogP contribution in [-0.2, 0) is 11.3 Å². The van der Waals surface area contributed by atoms with Gasteiger partial charge in [0.25, 0.3) is 0 Å². The lowest BCUT2D eigenvalue weighted by Gasteiger charge is -2.15. The molecule has 0 fully saturated rings. The second kappa shape index (κ2) is 12.3. The maximum atomic E-state index is 12.3. The number of methoxy groups -OCH3 is 2. The van der Waals surface area contributed by atoms with Gasteiger partial charge < -0.3 is 28.3 Å². The van der Waals surface area contributed by atoms with E-state index in [-0.39, 0.29) is 5.43 Å². The molecule has 0 spiro atoms. The molecule has 180 valence electrons. The van der Waals surface area contributed by atoms with E-state index in [1.165, 1.54) is 13.2 Å². The van der Waals surface area contributed by atoms with Crippen molar-refractivity contribution in [2.75, 3.05) is 34.0 Å². The molecule has 0 aliphatic carbocycles. The summed E-state index contributed by atoms with van der Waals surface area (Å²) in [6.45, 7) is 3.61. The van der Waals surface area contributed by atoms with Crippen molar-refractivity contribution in [3.05, 3.63) is 82.3 Å². The zero-order chi connectivity index (χ0) is 24.3. The van der Waals surface area contributed by atoms with Gasteiger partial charge in [-0.05, 0) is 55.5 Å². The Labute approximate surface area is 198 Å². The molecular formula is C26H29NO7. The Morgan fingerprint density at radius 1 is 0.794 bits per heavy atom. The van der Waals surface area contributed by atoms with Crippen molar-refractivity contribution in [1.29, 1.82) is 0 Å². The molecule has 0 saturated heterocycles. The Balaban J connectivity index is 1.45. The fourth-order valence-corrected chi connectivity index (χ4v) is 3.23. The highest BCUT2D eigenvalue weighted by Gasteiger charge is 2.09. The van der Waals surface area contributed by atoms with Crippen LogP contribution in [0.15, 0.2) is 65.6 Å². The third kappa shape index (κ3) is 6.78. The molecule has 8 nitrogen and oxygen atoms in total. The lowest BCUT2D eigenvalue weighted by molar-refractivity contribution is 0.0600. The van der Waals surface area contributed by atoms with Crippen LogP contribution < -0.4 is 24.4 Å². The van der Waals surface area contributed by atoms with Crippen molar-refractivity contribution >= 4 is 5.97 Å². The Kier molecular flexibility index (Phi) is 8.96. The maximum absolute atomic E-state index is 12.3. The van der Waals surface area contributed by atoms with E-state index in [1.54, 1.807) is 37.6 Å². The van der Waals surface area contributed by atoms with Gasteiger partial charge in [-0.2, -0.15) is 0 Å². The van der Waals surface area contributed by atoms with Gasteiger partial charge >= 0.3 is 5.97 Å². The lowest BCUT2D eigenvalue weighted by Crippen LogP contribution is -2.18. The lowest BCUT2D eigenvalue weighted by atomic mass is 10.2. The highest BCUT2D eigenvalue weighted by Crippen LogP contribution is 2.18. The predicted octanol–water partition coefficient (Wildman–Crippen LogP) is 3.88. The summed E-state index contributed by atoms with van der Waals surface area (Å²) in [6, 6.07) is 15.6. The minimum absolute atomic E-state index is 0.163. The van der Waals surface area contributed by atoms with Crippen molar-refractivity contribution in [3.63, 3.8) is 0 Å². The van der Waals surface area contributed by atoms with Crippen LogP contribution in [0, 0.1) is 6.92 Å². The second-order valence-corrected chi connectivity index (χ2v) is 7.38. The van der Waals surface area contributed by atoms with Gasteiger partial charge in [0.15, 0.2) is 5.75 Å². The fourth-order valence-electron chi connectivity index (χ4n) is 3.23. The number of pyridine rings is 1. The highest BCUT2D eigenvalue weighted by atomic mass is 16.5. The van der Waals surface area contributed by atoms with E-state index in [4.69, 9.17) is 18.9 Å². The first kappa shape index (κ1) is 24.7. The largest absolute Gasteiger partial charge is 0.497 e. The van der Waals surface area contributed by atoms with Crippen LogP contribution in [0.2, 0.25) is 0 Å². The molecule has 0 atom stereocenters. The summed E-state index contributed by atoms with van der Waals surface area (Å²) >= 11 is 0. The first-order chi connectivity index (χ1) is 16.5. The zero-order valence-electron chi connectivity index (χ0n) is 19.6. The molecule has 1 heterocycles. The minimum Gasteiger partial charge on any atom is -0.497 e. The van der Waals surface area contributed by atoms with E-state index >= 15 is 0 Å². The number of ether oxygens (including phenoxy) is 5. The van der Waals surface area contributed by atoms with Gasteiger partial charge in [-0.3, -0.25) is 4.79 Å². The topological polar surface area (TPSA) is 85.2 Å². The van der Waals surface area contributed by atoms with Crippen LogP contribution in [0.1, 0.15) is 22.5 Å². The van der Waals surface area contributed by atoms with Gasteiger partial charge in [-0.25, -0.2) is 4.79 Å². The number of nitrogens with zero attached hydrogens (tertiary/aromatic N) is 1. The number of hydrogen-bond acceptors (Lipinski definition) is 7. The van der Waals surface area contributed by atoms with E-state index in [0.717, 1.165) is 17.2 Å². The van der Waals surface area contributed by atoms with E-state index in [0.29, 0.717) is 49.8 Å². The number of rotatable bonds is 12. The van der Waals surface area contributed by atoms with Crippen LogP contribution >= 0.6 is 0 Å². The van der Waals surface area contributed by atoms with Crippen LogP contribution in [-0.4, -0.2) is 44.6 Å². The Hall–Kier alpha value is -3.94. The van der Waals surface area contributed by atoms with Crippen molar-refractivity contribution < 1.29 is 28.5 Å². The molecule has 1 aromatic heterocycles. The van der Waals surface area contributed by atoms with Crippen LogP contribution in [0.25, 0.3) is 0 Å². The van der Waals surface area contributed by atoms with Gasteiger partial charge in [0.2, 0.25) is 5.43 Å². The second-order valence-electron chi connectivity index (χ2n) is 7.38. The van der Waals surface area contributed by atoms with Crippen molar-refractivity contribution in [2.24, 2.45) is 0 Å². The van der Waals surface area contributed by atoms with E-state index < -0.39 is 5.97 Å². The Morgan fingerprint density at radius 3 is 2.03 bits per heavy atom. The number of carbonyl (C=O) groups excluding carboxylic acids is 1. The van der Waals surface area contributed by atoms with Gasteiger partial charge in [0.05, 0.1) is 45.2 Å². The summed E-state index contributed by atoms with van der Waals surface area (Å²) in [5, 5.41) is 0. The fraction of sp³-hybridized carbons (Fsp3) is 0.308. The third-order valence-corrected chi connectivity index (χ3v) is 5.13. The van der Waals surface area contributed by atoms with Gasteiger partial charge in [0.1, 0.15) is 23.9 Å². The first-order valence-corrected chi connectivity index (χ1v) is 10.9. The molecule has 0 aliphatic rings. The molecule has 0 unspecified atom stereocenters. The quantitative estimate of drug-likeness (QED) is 0.295. The van der Waals surface area contributed by atoms with Gasteiger partial charge in [-0.1, -0.05) is 0 Å². The normalized spacial score (nSPS) is 10.4. The molecule has 0 amide bonds. The monoisotopic (exact) mass is 467 g/mol. The molecule has 34 heavy (non-hydrogen) atoms. The van der Waals surface area contributed by atoms with Gasteiger partial charge in [0, 0.05) is 18.7 Å². The van der Waals surface area contributed by atoms with Crippen LogP contribution in [0.5, 0.6) is 23.0 Å². The van der Waals surface area contributed by atoms with Crippen molar-refractivity contribution in [1.82, 2.24) is 4.57 Å². The zero-order valence-corrected chi connectivity index (χ0v) is 19.6. The smallest absolute Gasteiger partial charge is 0.337 e. The summed E-state index contributed by atoms with van der Waals surface area (Å²) in [5.41, 5.74) is 1.04. The minimum atomic E-state index is -0.392. The van der Waals surface area contributed by atoms with Crippen molar-refractivity contribution in [3.8, 4) is 23.0 Å². The first-order valence-electron chi connectivity index (χ1n) is 10.9.